The standard InChI is InChI=1S/C46H28N4O/c1-4-14-29(15-5-1)38-26-39(30-16-6-2-7-17-30)48-46(47-38)50-40-22-12-10-20-32(40)34-24-35-36-25-37-33-21-11-13-23-44(33)51-45(37)28-43(36)49(41(35)27-42(34)50)31-18-8-3-9-19-31/h1-28H. The van der Waals surface area contributed by atoms with Gasteiger partial charge in [0.1, 0.15) is 11.2 Å². The summed E-state index contributed by atoms with van der Waals surface area (Å²) in [5.41, 5.74) is 11.0. The highest BCUT2D eigenvalue weighted by atomic mass is 16.3. The molecule has 0 unspecified atom stereocenters. The van der Waals surface area contributed by atoms with E-state index in [4.69, 9.17) is 14.4 Å². The van der Waals surface area contributed by atoms with E-state index in [0.717, 1.165) is 83.0 Å². The van der Waals surface area contributed by atoms with E-state index >= 15 is 0 Å². The zero-order chi connectivity index (χ0) is 33.5. The number of benzene rings is 7. The summed E-state index contributed by atoms with van der Waals surface area (Å²) >= 11 is 0. The summed E-state index contributed by atoms with van der Waals surface area (Å²) in [7, 11) is 0. The summed E-state index contributed by atoms with van der Waals surface area (Å²) in [5, 5.41) is 6.91. The van der Waals surface area contributed by atoms with Crippen LogP contribution < -0.4 is 0 Å². The van der Waals surface area contributed by atoms with Gasteiger partial charge in [-0.15, -0.1) is 0 Å². The fourth-order valence-corrected chi connectivity index (χ4v) is 7.81. The molecule has 7 aromatic carbocycles. The van der Waals surface area contributed by atoms with E-state index in [2.05, 4.69) is 155 Å². The van der Waals surface area contributed by atoms with Gasteiger partial charge in [-0.05, 0) is 48.5 Å². The third-order valence-electron chi connectivity index (χ3n) is 10.1. The third-order valence-corrected chi connectivity index (χ3v) is 10.1. The average molecular weight is 653 g/mol. The lowest BCUT2D eigenvalue weighted by atomic mass is 10.1. The van der Waals surface area contributed by atoms with E-state index in [0.29, 0.717) is 5.95 Å². The Morgan fingerprint density at radius 2 is 0.882 bits per heavy atom. The van der Waals surface area contributed by atoms with Gasteiger partial charge in [0.2, 0.25) is 5.95 Å². The quantitative estimate of drug-likeness (QED) is 0.190. The molecule has 0 atom stereocenters. The predicted molar refractivity (Wildman–Crippen MR) is 209 cm³/mol. The zero-order valence-corrected chi connectivity index (χ0v) is 27.4. The van der Waals surface area contributed by atoms with Crippen LogP contribution in [0.3, 0.4) is 0 Å². The maximum absolute atomic E-state index is 6.41. The van der Waals surface area contributed by atoms with Crippen molar-refractivity contribution in [3.63, 3.8) is 0 Å². The van der Waals surface area contributed by atoms with Crippen LogP contribution in [0.2, 0.25) is 0 Å². The number of aromatic nitrogens is 4. The maximum atomic E-state index is 6.41. The second-order valence-corrected chi connectivity index (χ2v) is 13.0. The zero-order valence-electron chi connectivity index (χ0n) is 27.4. The van der Waals surface area contributed by atoms with E-state index in [9.17, 15) is 0 Å². The SMILES string of the molecule is c1ccc(-c2cc(-c3ccccc3)nc(-n3c4ccccc4c4cc5c6cc7c(cc6n(-c6ccccc6)c5cc43)oc3ccccc37)n2)cc1. The molecule has 4 aromatic heterocycles. The molecular weight excluding hydrogens is 625 g/mol. The van der Waals surface area contributed by atoms with Crippen molar-refractivity contribution in [2.24, 2.45) is 0 Å². The molecule has 11 aromatic rings. The lowest BCUT2D eigenvalue weighted by Crippen LogP contribution is -2.04. The van der Waals surface area contributed by atoms with Gasteiger partial charge in [0.05, 0.1) is 33.5 Å². The summed E-state index contributed by atoms with van der Waals surface area (Å²) in [6, 6.07) is 59.4. The van der Waals surface area contributed by atoms with Crippen LogP contribution in [0.4, 0.5) is 0 Å². The van der Waals surface area contributed by atoms with Crippen molar-refractivity contribution in [2.75, 3.05) is 0 Å². The number of para-hydroxylation sites is 3. The van der Waals surface area contributed by atoms with Crippen LogP contribution >= 0.6 is 0 Å². The van der Waals surface area contributed by atoms with Gasteiger partial charge in [0.15, 0.2) is 0 Å². The van der Waals surface area contributed by atoms with Crippen molar-refractivity contribution >= 4 is 65.6 Å². The highest BCUT2D eigenvalue weighted by Crippen LogP contribution is 2.42. The number of hydrogen-bond donors (Lipinski definition) is 0. The molecule has 0 radical (unpaired) electrons. The number of nitrogens with zero attached hydrogens (tertiary/aromatic N) is 4. The van der Waals surface area contributed by atoms with Gasteiger partial charge in [0.25, 0.3) is 0 Å². The van der Waals surface area contributed by atoms with Crippen LogP contribution in [0.25, 0.3) is 99.7 Å². The number of rotatable bonds is 4. The molecule has 0 bridgehead atoms. The summed E-state index contributed by atoms with van der Waals surface area (Å²) in [6.45, 7) is 0. The summed E-state index contributed by atoms with van der Waals surface area (Å²) in [5.74, 6) is 0.632. The van der Waals surface area contributed by atoms with Crippen molar-refractivity contribution in [1.82, 2.24) is 19.1 Å². The van der Waals surface area contributed by atoms with Gasteiger partial charge in [-0.2, -0.15) is 0 Å². The Morgan fingerprint density at radius 1 is 0.353 bits per heavy atom. The lowest BCUT2D eigenvalue weighted by Gasteiger charge is -2.12. The van der Waals surface area contributed by atoms with Crippen molar-refractivity contribution < 1.29 is 4.42 Å². The molecule has 0 amide bonds. The smallest absolute Gasteiger partial charge is 0.235 e. The normalized spacial score (nSPS) is 11.9. The molecule has 11 rings (SSSR count). The van der Waals surface area contributed by atoms with Gasteiger partial charge < -0.3 is 8.98 Å². The molecule has 0 spiro atoms. The Labute approximate surface area is 292 Å². The second kappa shape index (κ2) is 10.8. The molecule has 0 saturated heterocycles. The number of furan rings is 1. The van der Waals surface area contributed by atoms with Gasteiger partial charge in [0, 0.05) is 55.2 Å². The summed E-state index contributed by atoms with van der Waals surface area (Å²) in [4.78, 5) is 10.5. The molecule has 0 aliphatic rings. The maximum Gasteiger partial charge on any atom is 0.235 e. The molecule has 0 saturated carbocycles. The summed E-state index contributed by atoms with van der Waals surface area (Å²) in [6.07, 6.45) is 0. The first-order valence-electron chi connectivity index (χ1n) is 17.2. The minimum absolute atomic E-state index is 0.632. The van der Waals surface area contributed by atoms with E-state index in [1.807, 2.05) is 24.3 Å². The van der Waals surface area contributed by atoms with Crippen molar-refractivity contribution in [1.29, 1.82) is 0 Å². The first-order chi connectivity index (χ1) is 25.3. The fraction of sp³-hybridized carbons (Fsp3) is 0. The first-order valence-corrected chi connectivity index (χ1v) is 17.2. The third kappa shape index (κ3) is 4.22. The van der Waals surface area contributed by atoms with Gasteiger partial charge in [-0.1, -0.05) is 115 Å². The number of fused-ring (bicyclic) bond motifs is 9. The van der Waals surface area contributed by atoms with Crippen molar-refractivity contribution in [2.45, 2.75) is 0 Å². The monoisotopic (exact) mass is 652 g/mol. The molecule has 0 aliphatic carbocycles. The van der Waals surface area contributed by atoms with Gasteiger partial charge >= 0.3 is 0 Å². The molecule has 0 N–H and O–H groups in total. The van der Waals surface area contributed by atoms with Crippen LogP contribution in [0.1, 0.15) is 0 Å². The number of hydrogen-bond acceptors (Lipinski definition) is 3. The Bertz CT molecular complexity index is 3060. The highest BCUT2D eigenvalue weighted by molar-refractivity contribution is 6.22. The Morgan fingerprint density at radius 3 is 1.59 bits per heavy atom. The molecule has 5 nitrogen and oxygen atoms in total. The van der Waals surface area contributed by atoms with Crippen LogP contribution in [0.15, 0.2) is 174 Å². The Hall–Kier alpha value is -6.98. The first kappa shape index (κ1) is 27.9. The molecule has 4 heterocycles. The second-order valence-electron chi connectivity index (χ2n) is 13.0. The van der Waals surface area contributed by atoms with Gasteiger partial charge in [-0.25, -0.2) is 9.97 Å². The van der Waals surface area contributed by atoms with Crippen LogP contribution in [0, 0.1) is 0 Å². The minimum Gasteiger partial charge on any atom is -0.456 e. The summed E-state index contributed by atoms with van der Waals surface area (Å²) < 4.78 is 11.0. The average Bonchev–Trinajstić information content (AvgIpc) is 3.83. The lowest BCUT2D eigenvalue weighted by molar-refractivity contribution is 0.669. The van der Waals surface area contributed by atoms with Crippen molar-refractivity contribution in [3.05, 3.63) is 170 Å². The fourth-order valence-electron chi connectivity index (χ4n) is 7.81. The van der Waals surface area contributed by atoms with Crippen LogP contribution in [0.5, 0.6) is 0 Å². The van der Waals surface area contributed by atoms with Crippen LogP contribution in [-0.2, 0) is 0 Å². The van der Waals surface area contributed by atoms with Crippen molar-refractivity contribution in [3.8, 4) is 34.2 Å². The molecule has 51 heavy (non-hydrogen) atoms. The molecule has 0 fully saturated rings. The largest absolute Gasteiger partial charge is 0.456 e. The molecule has 5 heteroatoms. The predicted octanol–water partition coefficient (Wildman–Crippen LogP) is 11.9. The Balaban J connectivity index is 1.27. The van der Waals surface area contributed by atoms with E-state index in [1.165, 1.54) is 10.8 Å². The minimum atomic E-state index is 0.632. The topological polar surface area (TPSA) is 48.8 Å². The molecule has 238 valence electrons. The van der Waals surface area contributed by atoms with E-state index in [1.54, 1.807) is 0 Å². The van der Waals surface area contributed by atoms with E-state index < -0.39 is 0 Å². The van der Waals surface area contributed by atoms with E-state index in [-0.39, 0.29) is 0 Å². The highest BCUT2D eigenvalue weighted by Gasteiger charge is 2.22. The molecule has 0 aliphatic heterocycles. The Kier molecular flexibility index (Phi) is 5.89. The van der Waals surface area contributed by atoms with Crippen LogP contribution in [-0.4, -0.2) is 19.1 Å². The van der Waals surface area contributed by atoms with Gasteiger partial charge in [-0.3, -0.25) is 4.57 Å². The molecular formula is C46H28N4O.